The minimum Gasteiger partial charge on any atom is -0.329 e. The van der Waals surface area contributed by atoms with Crippen molar-refractivity contribution in [3.05, 3.63) is 29.8 Å². The molecule has 29 heavy (non-hydrogen) atoms. The third-order valence-electron chi connectivity index (χ3n) is 6.13. The molecule has 166 valence electrons. The summed E-state index contributed by atoms with van der Waals surface area (Å²) in [7, 11) is -3.86. The summed E-state index contributed by atoms with van der Waals surface area (Å²) >= 11 is 0. The van der Waals surface area contributed by atoms with Crippen LogP contribution in [0.4, 0.5) is 0 Å². The number of piperazine rings is 1. The molecule has 1 heterocycles. The zero-order valence-electron chi connectivity index (χ0n) is 19.2. The molecule has 1 aliphatic rings. The highest BCUT2D eigenvalue weighted by Gasteiger charge is 2.42. The van der Waals surface area contributed by atoms with Crippen LogP contribution in [-0.4, -0.2) is 77.3 Å². The second-order valence-corrected chi connectivity index (χ2v) is 16.2. The van der Waals surface area contributed by atoms with E-state index in [4.69, 9.17) is 4.53 Å². The average Bonchev–Trinajstić information content (AvgIpc) is 2.62. The molecule has 0 unspecified atom stereocenters. The van der Waals surface area contributed by atoms with Crippen LogP contribution >= 0.6 is 0 Å². The van der Waals surface area contributed by atoms with Crippen molar-refractivity contribution in [1.29, 1.82) is 0 Å². The smallest absolute Gasteiger partial charge is 0.264 e. The van der Waals surface area contributed by atoms with Gasteiger partial charge >= 0.3 is 0 Å². The summed E-state index contributed by atoms with van der Waals surface area (Å²) in [5.41, 5.74) is 1.04. The van der Waals surface area contributed by atoms with Gasteiger partial charge in [0, 0.05) is 32.7 Å². The Balaban J connectivity index is 2.15. The van der Waals surface area contributed by atoms with Crippen LogP contribution in [0.1, 0.15) is 32.8 Å². The van der Waals surface area contributed by atoms with Gasteiger partial charge in [0.1, 0.15) is 0 Å². The van der Waals surface area contributed by atoms with Gasteiger partial charge in [0.2, 0.25) is 8.32 Å². The fraction of sp³-hybridized carbons (Fsp3) is 0.714. The number of aryl methyl sites for hydroxylation is 1. The number of hydroxylamine groups is 1. The first-order chi connectivity index (χ1) is 13.3. The number of hydrogen-bond acceptors (Lipinski definition) is 5. The van der Waals surface area contributed by atoms with Gasteiger partial charge in [-0.25, -0.2) is 8.42 Å². The number of benzene rings is 1. The van der Waals surface area contributed by atoms with E-state index in [1.54, 1.807) is 12.1 Å². The van der Waals surface area contributed by atoms with Gasteiger partial charge in [-0.05, 0) is 57.2 Å². The monoisotopic (exact) mass is 441 g/mol. The van der Waals surface area contributed by atoms with Crippen molar-refractivity contribution in [3.8, 4) is 0 Å². The van der Waals surface area contributed by atoms with Gasteiger partial charge < -0.3 is 14.3 Å². The van der Waals surface area contributed by atoms with E-state index in [1.165, 1.54) is 4.47 Å². The van der Waals surface area contributed by atoms with Gasteiger partial charge in [-0.1, -0.05) is 42.9 Å². The summed E-state index contributed by atoms with van der Waals surface area (Å²) in [6.07, 6.45) is 0.753. The summed E-state index contributed by atoms with van der Waals surface area (Å²) in [4.78, 5) is 5.02. The normalized spacial score (nSPS) is 17.8. The van der Waals surface area contributed by atoms with Crippen LogP contribution in [0.2, 0.25) is 18.1 Å². The first kappa shape index (κ1) is 24.5. The second-order valence-electron chi connectivity index (χ2n) is 9.69. The maximum atomic E-state index is 13.4. The maximum absolute atomic E-state index is 13.4. The van der Waals surface area contributed by atoms with Crippen LogP contribution in [0, 0.1) is 6.92 Å². The number of sulfonamides is 1. The van der Waals surface area contributed by atoms with Crippen LogP contribution in [0.25, 0.3) is 0 Å². The molecule has 6 nitrogen and oxygen atoms in total. The first-order valence-corrected chi connectivity index (χ1v) is 14.9. The molecule has 1 saturated heterocycles. The summed E-state index contributed by atoms with van der Waals surface area (Å²) in [5, 5.41) is -0.0779. The lowest BCUT2D eigenvalue weighted by atomic mass is 10.2. The topological polar surface area (TPSA) is 53.1 Å². The van der Waals surface area contributed by atoms with E-state index in [-0.39, 0.29) is 5.04 Å². The van der Waals surface area contributed by atoms with Crippen molar-refractivity contribution < 1.29 is 12.9 Å². The predicted molar refractivity (Wildman–Crippen MR) is 122 cm³/mol. The number of hydrogen-bond donors (Lipinski definition) is 0. The molecular formula is C21H39N3O3SSi. The first-order valence-electron chi connectivity index (χ1n) is 10.5. The molecular weight excluding hydrogens is 402 g/mol. The molecule has 0 amide bonds. The molecule has 0 saturated carbocycles. The Morgan fingerprint density at radius 1 is 1.07 bits per heavy atom. The molecule has 2 rings (SSSR count). The number of rotatable bonds is 8. The van der Waals surface area contributed by atoms with Gasteiger partial charge in [-0.2, -0.15) is 0 Å². The molecule has 0 bridgehead atoms. The van der Waals surface area contributed by atoms with Crippen LogP contribution in [0.3, 0.4) is 0 Å². The van der Waals surface area contributed by atoms with Crippen molar-refractivity contribution in [2.75, 3.05) is 46.3 Å². The molecule has 1 fully saturated rings. The van der Waals surface area contributed by atoms with Crippen molar-refractivity contribution in [2.45, 2.75) is 57.1 Å². The minimum absolute atomic E-state index is 0.0779. The molecule has 1 aromatic rings. The van der Waals surface area contributed by atoms with Crippen molar-refractivity contribution in [3.63, 3.8) is 0 Å². The van der Waals surface area contributed by atoms with Gasteiger partial charge in [-0.3, -0.25) is 0 Å². The lowest BCUT2D eigenvalue weighted by Gasteiger charge is -2.39. The highest BCUT2D eigenvalue weighted by atomic mass is 32.2. The fourth-order valence-electron chi connectivity index (χ4n) is 2.93. The Morgan fingerprint density at radius 3 is 2.14 bits per heavy atom. The van der Waals surface area contributed by atoms with Crippen molar-refractivity contribution >= 4 is 18.3 Å². The lowest BCUT2D eigenvalue weighted by Crippen LogP contribution is -2.49. The molecule has 8 heteroatoms. The van der Waals surface area contributed by atoms with E-state index in [1.807, 2.05) is 19.1 Å². The van der Waals surface area contributed by atoms with Crippen molar-refractivity contribution in [1.82, 2.24) is 14.3 Å². The molecule has 0 spiro atoms. The Kier molecular flexibility index (Phi) is 8.09. The molecule has 0 aromatic heterocycles. The molecule has 1 aromatic carbocycles. The standard InChI is InChI=1S/C21H39N3O3SSi/c1-19-9-11-20(12-10-19)28(25,26)24(27-29(6,7)21(2,3)4)14-8-13-23-17-15-22(5)16-18-23/h9-12H,8,13-18H2,1-7H3. The minimum atomic E-state index is -3.70. The van der Waals surface area contributed by atoms with E-state index >= 15 is 0 Å². The lowest BCUT2D eigenvalue weighted by molar-refractivity contribution is 0.0144. The third-order valence-corrected chi connectivity index (χ3v) is 12.2. The van der Waals surface area contributed by atoms with E-state index in [9.17, 15) is 8.42 Å². The highest BCUT2D eigenvalue weighted by Crippen LogP contribution is 2.38. The van der Waals surface area contributed by atoms with Crippen LogP contribution in [0.15, 0.2) is 29.2 Å². The Labute approximate surface area is 179 Å². The van der Waals surface area contributed by atoms with Crippen LogP contribution < -0.4 is 0 Å². The van der Waals surface area contributed by atoms with Crippen LogP contribution in [0.5, 0.6) is 0 Å². The number of nitrogens with zero attached hydrogens (tertiary/aromatic N) is 3. The van der Waals surface area contributed by atoms with E-state index in [0.29, 0.717) is 11.4 Å². The molecule has 0 atom stereocenters. The number of likely N-dealkylation sites (N-methyl/N-ethyl adjacent to an activating group) is 1. The van der Waals surface area contributed by atoms with Gasteiger partial charge in [-0.15, -0.1) is 0 Å². The SMILES string of the molecule is Cc1ccc(S(=O)(=O)N(CCCN2CCN(C)CC2)O[Si](C)(C)C(C)(C)C)cc1. The maximum Gasteiger partial charge on any atom is 0.264 e. The van der Waals surface area contributed by atoms with Crippen molar-refractivity contribution in [2.24, 2.45) is 0 Å². The van der Waals surface area contributed by atoms with E-state index in [2.05, 4.69) is 50.7 Å². The molecule has 1 aliphatic heterocycles. The van der Waals surface area contributed by atoms with Crippen LogP contribution in [-0.2, 0) is 14.6 Å². The van der Waals surface area contributed by atoms with Gasteiger partial charge in [0.05, 0.1) is 4.90 Å². The molecule has 0 N–H and O–H groups in total. The Hall–Kier alpha value is -0.773. The highest BCUT2D eigenvalue weighted by molar-refractivity contribution is 7.89. The summed E-state index contributed by atoms with van der Waals surface area (Å²) < 4.78 is 34.4. The Bertz CT molecular complexity index is 752. The summed E-state index contributed by atoms with van der Waals surface area (Å²) in [5.74, 6) is 0. The van der Waals surface area contributed by atoms with Gasteiger partial charge in [0.25, 0.3) is 10.0 Å². The summed E-state index contributed by atoms with van der Waals surface area (Å²) in [6, 6.07) is 7.02. The second kappa shape index (κ2) is 9.57. The molecule has 0 radical (unpaired) electrons. The zero-order chi connectivity index (χ0) is 21.9. The van der Waals surface area contributed by atoms with E-state index in [0.717, 1.165) is 44.7 Å². The third kappa shape index (κ3) is 6.60. The largest absolute Gasteiger partial charge is 0.329 e. The Morgan fingerprint density at radius 2 is 1.62 bits per heavy atom. The predicted octanol–water partition coefficient (Wildman–Crippen LogP) is 3.56. The summed E-state index contributed by atoms with van der Waals surface area (Å²) in [6.45, 7) is 17.9. The molecule has 0 aliphatic carbocycles. The fourth-order valence-corrected chi connectivity index (χ4v) is 5.84. The average molecular weight is 442 g/mol. The zero-order valence-corrected chi connectivity index (χ0v) is 21.1. The van der Waals surface area contributed by atoms with Gasteiger partial charge in [0.15, 0.2) is 0 Å². The van der Waals surface area contributed by atoms with E-state index < -0.39 is 18.3 Å². The quantitative estimate of drug-likeness (QED) is 0.456.